The Hall–Kier alpha value is -2.33. The van der Waals surface area contributed by atoms with Crippen LogP contribution >= 0.6 is 0 Å². The van der Waals surface area contributed by atoms with Crippen molar-refractivity contribution < 1.29 is 9.84 Å². The lowest BCUT2D eigenvalue weighted by atomic mass is 10.1. The van der Waals surface area contributed by atoms with E-state index in [-0.39, 0.29) is 5.75 Å². The molecule has 2 aromatic rings. The summed E-state index contributed by atoms with van der Waals surface area (Å²) in [7, 11) is 1.54. The van der Waals surface area contributed by atoms with Crippen molar-refractivity contribution in [1.82, 2.24) is 4.90 Å². The lowest BCUT2D eigenvalue weighted by Gasteiger charge is -2.19. The molecule has 0 aromatic heterocycles. The molecule has 2 aromatic carbocycles. The summed E-state index contributed by atoms with van der Waals surface area (Å²) in [6.07, 6.45) is 1.70. The number of phenolic OH excluding ortho intramolecular Hbond substituents is 1. The minimum absolute atomic E-state index is 0.125. The van der Waals surface area contributed by atoms with Gasteiger partial charge in [-0.15, -0.1) is 0 Å². The molecular weight excluding hydrogens is 300 g/mol. The number of hydrogen-bond acceptors (Lipinski definition) is 4. The predicted octanol–water partition coefficient (Wildman–Crippen LogP) is 3.86. The van der Waals surface area contributed by atoms with Gasteiger partial charge in [0.2, 0.25) is 0 Å². The number of aromatic hydroxyl groups is 1. The highest BCUT2D eigenvalue weighted by Crippen LogP contribution is 2.28. The summed E-state index contributed by atoms with van der Waals surface area (Å²) in [6, 6.07) is 13.8. The third-order valence-electron chi connectivity index (χ3n) is 4.15. The summed E-state index contributed by atoms with van der Waals surface area (Å²) >= 11 is 0. The van der Waals surface area contributed by atoms with Crippen molar-refractivity contribution in [2.24, 2.45) is 4.99 Å². The van der Waals surface area contributed by atoms with Crippen LogP contribution in [0.25, 0.3) is 0 Å². The molecule has 4 heteroatoms. The van der Waals surface area contributed by atoms with E-state index in [1.807, 2.05) is 18.2 Å². The van der Waals surface area contributed by atoms with Crippen molar-refractivity contribution in [1.29, 1.82) is 0 Å². The molecule has 0 heterocycles. The molecule has 0 aliphatic carbocycles. The van der Waals surface area contributed by atoms with E-state index in [0.29, 0.717) is 17.9 Å². The third kappa shape index (κ3) is 4.59. The first-order valence-corrected chi connectivity index (χ1v) is 8.34. The second-order valence-corrected chi connectivity index (χ2v) is 5.60. The molecule has 2 rings (SSSR count). The van der Waals surface area contributed by atoms with Crippen LogP contribution in [0.2, 0.25) is 0 Å². The van der Waals surface area contributed by atoms with Crippen molar-refractivity contribution in [2.75, 3.05) is 20.2 Å². The number of nitrogens with zero attached hydrogens (tertiary/aromatic N) is 2. The van der Waals surface area contributed by atoms with E-state index in [4.69, 9.17) is 4.74 Å². The number of aliphatic imine (C=N–C) groups is 1. The lowest BCUT2D eigenvalue weighted by Crippen LogP contribution is -2.22. The number of methoxy groups -OCH3 is 1. The van der Waals surface area contributed by atoms with Gasteiger partial charge in [0.05, 0.1) is 13.7 Å². The molecule has 0 radical (unpaired) electrons. The minimum Gasteiger partial charge on any atom is -0.504 e. The Bertz CT molecular complexity index is 679. The van der Waals surface area contributed by atoms with Crippen molar-refractivity contribution in [3.8, 4) is 11.5 Å². The topological polar surface area (TPSA) is 45.1 Å². The average molecular weight is 326 g/mol. The van der Waals surface area contributed by atoms with Gasteiger partial charge >= 0.3 is 0 Å². The van der Waals surface area contributed by atoms with Gasteiger partial charge in [0, 0.05) is 18.3 Å². The van der Waals surface area contributed by atoms with Crippen LogP contribution in [0, 0.1) is 0 Å². The maximum absolute atomic E-state index is 10.1. The third-order valence-corrected chi connectivity index (χ3v) is 4.15. The molecule has 0 aliphatic rings. The summed E-state index contributed by atoms with van der Waals surface area (Å²) in [4.78, 5) is 6.89. The van der Waals surface area contributed by atoms with E-state index in [1.165, 1.54) is 11.1 Å². The number of benzene rings is 2. The fraction of sp³-hybridized carbons (Fsp3) is 0.350. The van der Waals surface area contributed by atoms with Gasteiger partial charge in [0.1, 0.15) is 0 Å². The summed E-state index contributed by atoms with van der Waals surface area (Å²) in [5, 5.41) is 10.1. The maximum Gasteiger partial charge on any atom is 0.166 e. The normalized spacial score (nSPS) is 11.3. The molecule has 24 heavy (non-hydrogen) atoms. The van der Waals surface area contributed by atoms with Crippen LogP contribution in [0.5, 0.6) is 11.5 Å². The van der Waals surface area contributed by atoms with Crippen LogP contribution in [0.15, 0.2) is 47.5 Å². The van der Waals surface area contributed by atoms with Crippen molar-refractivity contribution >= 4 is 6.21 Å². The highest BCUT2D eigenvalue weighted by atomic mass is 16.5. The smallest absolute Gasteiger partial charge is 0.166 e. The molecular formula is C20H26N2O2. The molecule has 0 aliphatic heterocycles. The fourth-order valence-electron chi connectivity index (χ4n) is 2.60. The largest absolute Gasteiger partial charge is 0.504 e. The molecule has 0 spiro atoms. The van der Waals surface area contributed by atoms with Crippen LogP contribution in [0.1, 0.15) is 30.5 Å². The number of phenols is 1. The number of para-hydroxylation sites is 1. The minimum atomic E-state index is 0.125. The molecule has 0 unspecified atom stereocenters. The Balaban J connectivity index is 2.12. The van der Waals surface area contributed by atoms with Gasteiger partial charge in [-0.1, -0.05) is 44.2 Å². The Labute approximate surface area is 144 Å². The van der Waals surface area contributed by atoms with Gasteiger partial charge in [-0.05, 0) is 36.3 Å². The van der Waals surface area contributed by atoms with Crippen LogP contribution in [0.4, 0.5) is 0 Å². The van der Waals surface area contributed by atoms with Gasteiger partial charge in [-0.2, -0.15) is 0 Å². The Morgan fingerprint density at radius 3 is 2.42 bits per heavy atom. The predicted molar refractivity (Wildman–Crippen MR) is 99.0 cm³/mol. The van der Waals surface area contributed by atoms with Gasteiger partial charge in [0.25, 0.3) is 0 Å². The lowest BCUT2D eigenvalue weighted by molar-refractivity contribution is 0.295. The number of rotatable bonds is 8. The first-order chi connectivity index (χ1) is 11.7. The fourth-order valence-corrected chi connectivity index (χ4v) is 2.60. The quantitative estimate of drug-likeness (QED) is 0.749. The first-order valence-electron chi connectivity index (χ1n) is 8.34. The highest BCUT2D eigenvalue weighted by molar-refractivity contribution is 5.84. The van der Waals surface area contributed by atoms with E-state index < -0.39 is 0 Å². The maximum atomic E-state index is 10.1. The highest BCUT2D eigenvalue weighted by Gasteiger charge is 2.07. The second-order valence-electron chi connectivity index (χ2n) is 5.60. The van der Waals surface area contributed by atoms with Crippen molar-refractivity contribution in [2.45, 2.75) is 26.9 Å². The summed E-state index contributed by atoms with van der Waals surface area (Å²) < 4.78 is 5.12. The molecule has 4 nitrogen and oxygen atoms in total. The van der Waals surface area contributed by atoms with Crippen LogP contribution < -0.4 is 4.74 Å². The van der Waals surface area contributed by atoms with Gasteiger partial charge in [0.15, 0.2) is 11.5 Å². The van der Waals surface area contributed by atoms with E-state index in [9.17, 15) is 5.11 Å². The van der Waals surface area contributed by atoms with E-state index in [0.717, 1.165) is 19.6 Å². The van der Waals surface area contributed by atoms with Crippen LogP contribution in [-0.2, 0) is 13.1 Å². The zero-order valence-corrected chi connectivity index (χ0v) is 14.7. The molecule has 0 atom stereocenters. The molecule has 0 saturated heterocycles. The summed E-state index contributed by atoms with van der Waals surface area (Å²) in [5.41, 5.74) is 3.17. The van der Waals surface area contributed by atoms with E-state index in [2.05, 4.69) is 41.9 Å². The molecule has 0 bridgehead atoms. The monoisotopic (exact) mass is 326 g/mol. The Morgan fingerprint density at radius 1 is 1.04 bits per heavy atom. The summed E-state index contributed by atoms with van der Waals surface area (Å²) in [6.45, 7) is 7.94. The van der Waals surface area contributed by atoms with Gasteiger partial charge < -0.3 is 9.84 Å². The Morgan fingerprint density at radius 2 is 1.75 bits per heavy atom. The van der Waals surface area contributed by atoms with Gasteiger partial charge in [-0.3, -0.25) is 9.89 Å². The summed E-state index contributed by atoms with van der Waals surface area (Å²) in [5.74, 6) is 0.584. The zero-order chi connectivity index (χ0) is 17.4. The number of ether oxygens (including phenoxy) is 1. The number of hydrogen-bond donors (Lipinski definition) is 1. The standard InChI is InChI=1S/C20H26N2O2/c1-4-22(5-2)15-18-10-7-6-9-16(18)13-21-14-17-11-8-12-19(24-3)20(17)23/h6-12,14,23H,4-5,13,15H2,1-3H3. The molecule has 0 saturated carbocycles. The van der Waals surface area contributed by atoms with Crippen LogP contribution in [0.3, 0.4) is 0 Å². The first kappa shape index (κ1) is 18.0. The second kappa shape index (κ2) is 9.08. The molecule has 128 valence electrons. The molecule has 0 amide bonds. The van der Waals surface area contributed by atoms with Crippen molar-refractivity contribution in [3.63, 3.8) is 0 Å². The van der Waals surface area contributed by atoms with E-state index >= 15 is 0 Å². The molecule has 0 fully saturated rings. The van der Waals surface area contributed by atoms with Gasteiger partial charge in [-0.25, -0.2) is 0 Å². The van der Waals surface area contributed by atoms with E-state index in [1.54, 1.807) is 19.4 Å². The zero-order valence-electron chi connectivity index (χ0n) is 14.7. The Kier molecular flexibility index (Phi) is 6.82. The average Bonchev–Trinajstić information content (AvgIpc) is 2.62. The van der Waals surface area contributed by atoms with Crippen LogP contribution in [-0.4, -0.2) is 36.4 Å². The van der Waals surface area contributed by atoms with Crippen molar-refractivity contribution in [3.05, 3.63) is 59.2 Å². The SMILES string of the molecule is CCN(CC)Cc1ccccc1CN=Cc1cccc(OC)c1O. The molecule has 1 N–H and O–H groups in total.